The molecule has 3 fully saturated rings. The minimum absolute atomic E-state index is 0.160. The molecule has 5 rings (SSSR count). The number of fused-ring (bicyclic) bond motifs is 5. The Morgan fingerprint density at radius 3 is 2.38 bits per heavy atom. The Morgan fingerprint density at radius 1 is 1.03 bits per heavy atom. The van der Waals surface area contributed by atoms with E-state index in [0.717, 1.165) is 34.9 Å². The number of anilines is 2. The maximum absolute atomic E-state index is 13.1. The summed E-state index contributed by atoms with van der Waals surface area (Å²) in [4.78, 5) is 52.3. The number of carbonyl (C=O) groups excluding carboxylic acids is 4. The van der Waals surface area contributed by atoms with Crippen LogP contribution in [-0.4, -0.2) is 30.3 Å². The molecule has 1 aliphatic heterocycles. The fourth-order valence-corrected chi connectivity index (χ4v) is 6.19. The van der Waals surface area contributed by atoms with Crippen molar-refractivity contribution >= 4 is 51.0 Å². The zero-order chi connectivity index (χ0) is 24.1. The third kappa shape index (κ3) is 3.74. The molecule has 0 unspecified atom stereocenters. The van der Waals surface area contributed by atoms with Gasteiger partial charge < -0.3 is 10.1 Å². The van der Waals surface area contributed by atoms with Crippen LogP contribution in [-0.2, 0) is 19.1 Å². The second-order valence-corrected chi connectivity index (χ2v) is 10.3. The number of nitrogens with zero attached hydrogens (tertiary/aromatic N) is 1. The van der Waals surface area contributed by atoms with Crippen molar-refractivity contribution in [3.05, 3.63) is 57.6 Å². The highest BCUT2D eigenvalue weighted by atomic mass is 79.9. The number of halogens is 1. The van der Waals surface area contributed by atoms with Crippen LogP contribution in [0, 0.1) is 37.5 Å². The van der Waals surface area contributed by atoms with E-state index in [-0.39, 0.29) is 29.2 Å². The number of carbonyl (C=O) groups is 4. The van der Waals surface area contributed by atoms with Crippen LogP contribution in [0.25, 0.3) is 0 Å². The molecule has 3 amide bonds. The molecule has 4 atom stereocenters. The lowest BCUT2D eigenvalue weighted by Gasteiger charge is -2.19. The molecule has 1 heterocycles. The predicted octanol–water partition coefficient (Wildman–Crippen LogP) is 4.40. The Labute approximate surface area is 206 Å². The maximum Gasteiger partial charge on any atom is 0.338 e. The van der Waals surface area contributed by atoms with Crippen molar-refractivity contribution in [2.24, 2.45) is 23.7 Å². The first kappa shape index (κ1) is 22.8. The van der Waals surface area contributed by atoms with Crippen molar-refractivity contribution < 1.29 is 23.9 Å². The minimum atomic E-state index is -0.694. The van der Waals surface area contributed by atoms with Crippen molar-refractivity contribution in [1.29, 1.82) is 0 Å². The molecular weight excluding hydrogens is 500 g/mol. The van der Waals surface area contributed by atoms with Crippen molar-refractivity contribution in [2.75, 3.05) is 16.8 Å². The van der Waals surface area contributed by atoms with E-state index < -0.39 is 18.5 Å². The first-order valence-electron chi connectivity index (χ1n) is 11.5. The van der Waals surface area contributed by atoms with E-state index in [1.807, 2.05) is 19.9 Å². The van der Waals surface area contributed by atoms with Crippen molar-refractivity contribution in [1.82, 2.24) is 0 Å². The SMILES string of the molecule is Cc1c(Br)ccc(NC(=O)COC(=O)c2cccc(N3C(=O)[C@@H]4[C@H]5CC[C@@H](C5)[C@@H]4C3=O)c2)c1C. The molecule has 176 valence electrons. The third-order valence-corrected chi connectivity index (χ3v) is 8.46. The molecule has 2 aliphatic carbocycles. The third-order valence-electron chi connectivity index (χ3n) is 7.60. The minimum Gasteiger partial charge on any atom is -0.452 e. The number of esters is 1. The number of hydrogen-bond acceptors (Lipinski definition) is 5. The van der Waals surface area contributed by atoms with E-state index in [1.165, 1.54) is 11.0 Å². The van der Waals surface area contributed by atoms with Crippen LogP contribution in [0.15, 0.2) is 40.9 Å². The number of nitrogens with one attached hydrogen (secondary N) is 1. The lowest BCUT2D eigenvalue weighted by Crippen LogP contribution is -2.32. The van der Waals surface area contributed by atoms with Crippen LogP contribution >= 0.6 is 15.9 Å². The first-order valence-corrected chi connectivity index (χ1v) is 12.3. The summed E-state index contributed by atoms with van der Waals surface area (Å²) in [5.74, 6) is -1.34. The Kier molecular flexibility index (Phi) is 5.80. The summed E-state index contributed by atoms with van der Waals surface area (Å²) in [5.41, 5.74) is 3.13. The molecule has 34 heavy (non-hydrogen) atoms. The van der Waals surface area contributed by atoms with Gasteiger partial charge in [-0.15, -0.1) is 0 Å². The Balaban J connectivity index is 1.25. The zero-order valence-corrected chi connectivity index (χ0v) is 20.6. The highest BCUT2D eigenvalue weighted by Crippen LogP contribution is 2.56. The molecule has 2 aromatic rings. The van der Waals surface area contributed by atoms with Gasteiger partial charge in [0.2, 0.25) is 11.8 Å². The summed E-state index contributed by atoms with van der Waals surface area (Å²) in [5, 5.41) is 2.75. The van der Waals surface area contributed by atoms with Gasteiger partial charge in [0.1, 0.15) is 0 Å². The lowest BCUT2D eigenvalue weighted by atomic mass is 9.81. The average Bonchev–Trinajstić information content (AvgIpc) is 3.51. The van der Waals surface area contributed by atoms with Gasteiger partial charge in [0.05, 0.1) is 23.1 Å². The normalized spacial score (nSPS) is 25.0. The van der Waals surface area contributed by atoms with E-state index >= 15 is 0 Å². The molecule has 2 saturated carbocycles. The van der Waals surface area contributed by atoms with E-state index in [2.05, 4.69) is 21.2 Å². The summed E-state index contributed by atoms with van der Waals surface area (Å²) in [7, 11) is 0. The molecule has 2 bridgehead atoms. The van der Waals surface area contributed by atoms with Gasteiger partial charge in [-0.25, -0.2) is 4.79 Å². The monoisotopic (exact) mass is 524 g/mol. The summed E-state index contributed by atoms with van der Waals surface area (Å²) in [6.07, 6.45) is 2.98. The van der Waals surface area contributed by atoms with Gasteiger partial charge in [0.15, 0.2) is 6.61 Å². The lowest BCUT2D eigenvalue weighted by molar-refractivity contribution is -0.123. The highest BCUT2D eigenvalue weighted by Gasteiger charge is 2.61. The Hall–Kier alpha value is -3.00. The first-order chi connectivity index (χ1) is 16.3. The standard InChI is InChI=1S/C26H25BrN2O5/c1-13-14(2)20(9-8-19(13)27)28-21(30)12-34-26(33)17-4-3-5-18(11-17)29-24(31)22-15-6-7-16(10-15)23(22)25(29)32/h3-5,8-9,11,15-16,22-23H,6-7,10,12H2,1-2H3,(H,28,30)/t15-,16-,22-,23+/m0/s1. The van der Waals surface area contributed by atoms with Crippen molar-refractivity contribution in [3.8, 4) is 0 Å². The maximum atomic E-state index is 13.1. The number of ether oxygens (including phenoxy) is 1. The molecule has 3 aliphatic rings. The number of benzene rings is 2. The van der Waals surface area contributed by atoms with Gasteiger partial charge in [-0.2, -0.15) is 0 Å². The molecule has 0 radical (unpaired) electrons. The van der Waals surface area contributed by atoms with E-state index in [0.29, 0.717) is 23.2 Å². The topological polar surface area (TPSA) is 92.8 Å². The van der Waals surface area contributed by atoms with Crippen LogP contribution < -0.4 is 10.2 Å². The second-order valence-electron chi connectivity index (χ2n) is 9.42. The molecule has 0 aromatic heterocycles. The largest absolute Gasteiger partial charge is 0.452 e. The van der Waals surface area contributed by atoms with E-state index in [9.17, 15) is 19.2 Å². The number of amides is 3. The molecule has 8 heteroatoms. The molecule has 1 N–H and O–H groups in total. The zero-order valence-electron chi connectivity index (χ0n) is 19.0. The summed E-state index contributed by atoms with van der Waals surface area (Å²) in [6.45, 7) is 3.39. The Bertz CT molecular complexity index is 1200. The predicted molar refractivity (Wildman–Crippen MR) is 129 cm³/mol. The molecular formula is C26H25BrN2O5. The quantitative estimate of drug-likeness (QED) is 0.462. The average molecular weight is 525 g/mol. The van der Waals surface area contributed by atoms with E-state index in [1.54, 1.807) is 24.3 Å². The van der Waals surface area contributed by atoms with Gasteiger partial charge in [0.25, 0.3) is 5.91 Å². The van der Waals surface area contributed by atoms with Crippen LogP contribution in [0.3, 0.4) is 0 Å². The molecule has 7 nitrogen and oxygen atoms in total. The van der Waals surface area contributed by atoms with Crippen molar-refractivity contribution in [2.45, 2.75) is 33.1 Å². The number of imide groups is 1. The van der Waals surface area contributed by atoms with Crippen LogP contribution in [0.1, 0.15) is 40.7 Å². The molecule has 2 aromatic carbocycles. The number of hydrogen-bond donors (Lipinski definition) is 1. The van der Waals surface area contributed by atoms with Gasteiger partial charge in [0, 0.05) is 10.2 Å². The Morgan fingerprint density at radius 2 is 1.71 bits per heavy atom. The summed E-state index contributed by atoms with van der Waals surface area (Å²) < 4.78 is 6.14. The van der Waals surface area contributed by atoms with Crippen molar-refractivity contribution in [3.63, 3.8) is 0 Å². The summed E-state index contributed by atoms with van der Waals surface area (Å²) in [6, 6.07) is 9.92. The van der Waals surface area contributed by atoms with Gasteiger partial charge >= 0.3 is 5.97 Å². The molecule has 0 spiro atoms. The van der Waals surface area contributed by atoms with E-state index in [4.69, 9.17) is 4.74 Å². The van der Waals surface area contributed by atoms with Gasteiger partial charge in [-0.3, -0.25) is 19.3 Å². The number of rotatable bonds is 5. The van der Waals surface area contributed by atoms with Crippen LogP contribution in [0.4, 0.5) is 11.4 Å². The van der Waals surface area contributed by atoms with Crippen LogP contribution in [0.2, 0.25) is 0 Å². The second kappa shape index (κ2) is 8.65. The fraction of sp³-hybridized carbons (Fsp3) is 0.385. The molecule has 1 saturated heterocycles. The highest BCUT2D eigenvalue weighted by molar-refractivity contribution is 9.10. The fourth-order valence-electron chi connectivity index (χ4n) is 5.76. The van der Waals surface area contributed by atoms with Gasteiger partial charge in [-0.1, -0.05) is 22.0 Å². The smallest absolute Gasteiger partial charge is 0.338 e. The van der Waals surface area contributed by atoms with Gasteiger partial charge in [-0.05, 0) is 86.4 Å². The van der Waals surface area contributed by atoms with Crippen LogP contribution in [0.5, 0.6) is 0 Å². The summed E-state index contributed by atoms with van der Waals surface area (Å²) >= 11 is 3.45.